The molecule has 3 aromatic carbocycles. The van der Waals surface area contributed by atoms with Gasteiger partial charge in [-0.3, -0.25) is 14.4 Å². The molecule has 7 heteroatoms. The van der Waals surface area contributed by atoms with Crippen molar-refractivity contribution in [2.45, 2.75) is 26.3 Å². The maximum Gasteiger partial charge on any atom is 0.251 e. The molecule has 0 saturated carbocycles. The zero-order valence-electron chi connectivity index (χ0n) is 19.3. The first kappa shape index (κ1) is 24.5. The Balaban J connectivity index is 1.63. The van der Waals surface area contributed by atoms with Crippen molar-refractivity contribution in [1.82, 2.24) is 10.6 Å². The molecule has 0 aromatic heterocycles. The lowest BCUT2D eigenvalue weighted by Gasteiger charge is -2.19. The van der Waals surface area contributed by atoms with Gasteiger partial charge in [0.2, 0.25) is 11.8 Å². The van der Waals surface area contributed by atoms with Crippen molar-refractivity contribution < 1.29 is 19.1 Å². The van der Waals surface area contributed by atoms with E-state index in [0.717, 1.165) is 11.1 Å². The Bertz CT molecular complexity index is 1100. The van der Waals surface area contributed by atoms with Crippen molar-refractivity contribution in [3.63, 3.8) is 0 Å². The second-order valence-electron chi connectivity index (χ2n) is 7.81. The van der Waals surface area contributed by atoms with Gasteiger partial charge in [-0.15, -0.1) is 0 Å². The first-order chi connectivity index (χ1) is 16.4. The lowest BCUT2D eigenvalue weighted by Crippen LogP contribution is -2.48. The lowest BCUT2D eigenvalue weighted by atomic mass is 10.0. The van der Waals surface area contributed by atoms with Gasteiger partial charge in [0.15, 0.2) is 0 Å². The van der Waals surface area contributed by atoms with Crippen LogP contribution in [-0.2, 0) is 16.0 Å². The van der Waals surface area contributed by atoms with Gasteiger partial charge in [-0.05, 0) is 55.8 Å². The minimum absolute atomic E-state index is 0.242. The third-order valence-electron chi connectivity index (χ3n) is 5.09. The van der Waals surface area contributed by atoms with E-state index in [1.807, 2.05) is 56.3 Å². The van der Waals surface area contributed by atoms with Crippen LogP contribution in [0.2, 0.25) is 0 Å². The Morgan fingerprint density at radius 2 is 1.56 bits per heavy atom. The second kappa shape index (κ2) is 12.2. The zero-order chi connectivity index (χ0) is 24.3. The monoisotopic (exact) mass is 459 g/mol. The van der Waals surface area contributed by atoms with Crippen LogP contribution in [0.1, 0.15) is 28.4 Å². The number of amides is 3. The second-order valence-corrected chi connectivity index (χ2v) is 7.81. The fourth-order valence-electron chi connectivity index (χ4n) is 3.30. The summed E-state index contributed by atoms with van der Waals surface area (Å²) in [6, 6.07) is 22.7. The molecule has 0 aliphatic heterocycles. The molecule has 0 spiro atoms. The van der Waals surface area contributed by atoms with Crippen LogP contribution >= 0.6 is 0 Å². The number of anilines is 1. The van der Waals surface area contributed by atoms with E-state index in [1.165, 1.54) is 0 Å². The average molecular weight is 460 g/mol. The van der Waals surface area contributed by atoms with Crippen LogP contribution in [0.5, 0.6) is 5.75 Å². The molecule has 0 aliphatic carbocycles. The van der Waals surface area contributed by atoms with Gasteiger partial charge in [-0.2, -0.15) is 0 Å². The quantitative estimate of drug-likeness (QED) is 0.432. The summed E-state index contributed by atoms with van der Waals surface area (Å²) in [6.45, 7) is 4.14. The molecule has 34 heavy (non-hydrogen) atoms. The Morgan fingerprint density at radius 3 is 2.21 bits per heavy atom. The molecular weight excluding hydrogens is 430 g/mol. The number of ether oxygens (including phenoxy) is 1. The van der Waals surface area contributed by atoms with Gasteiger partial charge in [0.1, 0.15) is 11.8 Å². The van der Waals surface area contributed by atoms with Gasteiger partial charge < -0.3 is 20.7 Å². The average Bonchev–Trinajstić information content (AvgIpc) is 2.84. The Morgan fingerprint density at radius 1 is 0.882 bits per heavy atom. The highest BCUT2D eigenvalue weighted by Gasteiger charge is 2.22. The van der Waals surface area contributed by atoms with Crippen LogP contribution < -0.4 is 20.7 Å². The van der Waals surface area contributed by atoms with Crippen LogP contribution in [0, 0.1) is 6.92 Å². The van der Waals surface area contributed by atoms with Crippen molar-refractivity contribution in [3.05, 3.63) is 95.6 Å². The number of aryl methyl sites for hydroxylation is 1. The molecule has 176 valence electrons. The predicted molar refractivity (Wildman–Crippen MR) is 132 cm³/mol. The highest BCUT2D eigenvalue weighted by atomic mass is 16.5. The molecule has 0 fully saturated rings. The molecular formula is C27H29N3O4. The van der Waals surface area contributed by atoms with Crippen molar-refractivity contribution >= 4 is 23.4 Å². The van der Waals surface area contributed by atoms with E-state index in [1.54, 1.807) is 36.4 Å². The minimum atomic E-state index is -0.822. The number of carbonyl (C=O) groups excluding carboxylic acids is 3. The minimum Gasteiger partial charge on any atom is -0.494 e. The van der Waals surface area contributed by atoms with Gasteiger partial charge in [0.05, 0.1) is 13.2 Å². The molecule has 0 bridgehead atoms. The van der Waals surface area contributed by atoms with Crippen LogP contribution in [0.25, 0.3) is 0 Å². The van der Waals surface area contributed by atoms with E-state index < -0.39 is 11.9 Å². The van der Waals surface area contributed by atoms with Crippen LogP contribution in [0.4, 0.5) is 5.69 Å². The zero-order valence-corrected chi connectivity index (χ0v) is 19.3. The molecule has 0 aliphatic rings. The summed E-state index contributed by atoms with van der Waals surface area (Å²) >= 11 is 0. The van der Waals surface area contributed by atoms with Crippen LogP contribution in [0.3, 0.4) is 0 Å². The molecule has 0 radical (unpaired) electrons. The summed E-state index contributed by atoms with van der Waals surface area (Å²) in [7, 11) is 0. The van der Waals surface area contributed by atoms with E-state index in [2.05, 4.69) is 16.0 Å². The largest absolute Gasteiger partial charge is 0.494 e. The van der Waals surface area contributed by atoms with Gasteiger partial charge >= 0.3 is 0 Å². The first-order valence-electron chi connectivity index (χ1n) is 11.2. The van der Waals surface area contributed by atoms with Crippen molar-refractivity contribution in [3.8, 4) is 5.75 Å². The van der Waals surface area contributed by atoms with Gasteiger partial charge in [0, 0.05) is 17.7 Å². The number of rotatable bonds is 10. The third-order valence-corrected chi connectivity index (χ3v) is 5.09. The van der Waals surface area contributed by atoms with E-state index in [4.69, 9.17) is 4.74 Å². The van der Waals surface area contributed by atoms with Crippen molar-refractivity contribution in [1.29, 1.82) is 0 Å². The van der Waals surface area contributed by atoms with Crippen molar-refractivity contribution in [2.75, 3.05) is 18.5 Å². The molecule has 3 rings (SSSR count). The van der Waals surface area contributed by atoms with Crippen LogP contribution in [-0.4, -0.2) is 36.9 Å². The molecule has 1 atom stereocenters. The number of carbonyl (C=O) groups is 3. The Hall–Kier alpha value is -4.13. The lowest BCUT2D eigenvalue weighted by molar-refractivity contribution is -0.125. The third kappa shape index (κ3) is 7.48. The summed E-state index contributed by atoms with van der Waals surface area (Å²) in [4.78, 5) is 37.9. The van der Waals surface area contributed by atoms with Gasteiger partial charge in [-0.1, -0.05) is 48.0 Å². The Labute approximate surface area is 199 Å². The molecule has 0 heterocycles. The summed E-state index contributed by atoms with van der Waals surface area (Å²) in [5.41, 5.74) is 3.00. The van der Waals surface area contributed by atoms with E-state index in [9.17, 15) is 14.4 Å². The van der Waals surface area contributed by atoms with Crippen LogP contribution in [0.15, 0.2) is 78.9 Å². The fraction of sp³-hybridized carbons (Fsp3) is 0.222. The highest BCUT2D eigenvalue weighted by Crippen LogP contribution is 2.16. The summed E-state index contributed by atoms with van der Waals surface area (Å²) < 4.78 is 5.42. The normalized spacial score (nSPS) is 11.2. The topological polar surface area (TPSA) is 96.5 Å². The predicted octanol–water partition coefficient (Wildman–Crippen LogP) is 3.49. The fourth-order valence-corrected chi connectivity index (χ4v) is 3.30. The number of nitrogens with one attached hydrogen (secondary N) is 3. The van der Waals surface area contributed by atoms with Crippen molar-refractivity contribution in [2.24, 2.45) is 0 Å². The molecule has 7 nitrogen and oxygen atoms in total. The molecule has 3 aromatic rings. The van der Waals surface area contributed by atoms with Gasteiger partial charge in [-0.25, -0.2) is 0 Å². The Kier molecular flexibility index (Phi) is 8.80. The standard InChI is InChI=1S/C27H29N3O4/c1-3-34-23-15-13-22(14-16-23)29-27(33)24(17-20-7-5-4-6-8-20)30-25(31)18-28-26(32)21-11-9-19(2)10-12-21/h4-16,24H,3,17-18H2,1-2H3,(H,28,32)(H,29,33)(H,30,31)/t24-/m0/s1. The van der Waals surface area contributed by atoms with Gasteiger partial charge in [0.25, 0.3) is 5.91 Å². The number of hydrogen-bond acceptors (Lipinski definition) is 4. The molecule has 3 N–H and O–H groups in total. The maximum atomic E-state index is 13.0. The molecule has 3 amide bonds. The summed E-state index contributed by atoms with van der Waals surface area (Å²) in [6.07, 6.45) is 0.307. The highest BCUT2D eigenvalue weighted by molar-refractivity contribution is 5.99. The van der Waals surface area contributed by atoms with E-state index >= 15 is 0 Å². The molecule has 0 saturated heterocycles. The maximum absolute atomic E-state index is 13.0. The SMILES string of the molecule is CCOc1ccc(NC(=O)[C@H](Cc2ccccc2)NC(=O)CNC(=O)c2ccc(C)cc2)cc1. The summed E-state index contributed by atoms with van der Waals surface area (Å²) in [5, 5.41) is 8.18. The summed E-state index contributed by atoms with van der Waals surface area (Å²) in [5.74, 6) is -0.456. The first-order valence-corrected chi connectivity index (χ1v) is 11.2. The van der Waals surface area contributed by atoms with E-state index in [0.29, 0.717) is 30.0 Å². The molecule has 0 unspecified atom stereocenters. The number of benzene rings is 3. The number of hydrogen-bond donors (Lipinski definition) is 3. The van der Waals surface area contributed by atoms with E-state index in [-0.39, 0.29) is 18.4 Å². The smallest absolute Gasteiger partial charge is 0.251 e.